The topological polar surface area (TPSA) is 127 Å². The molecule has 0 saturated carbocycles. The van der Waals surface area contributed by atoms with Crippen molar-refractivity contribution in [2.24, 2.45) is 5.92 Å². The largest absolute Gasteiger partial charge is 0.394 e. The number of likely N-dealkylation sites (N-methyl/N-ethyl adjacent to an activating group) is 1. The van der Waals surface area contributed by atoms with Crippen molar-refractivity contribution in [3.05, 3.63) is 54.0 Å². The zero-order valence-corrected chi connectivity index (χ0v) is 21.5. The first-order valence-corrected chi connectivity index (χ1v) is 12.5. The van der Waals surface area contributed by atoms with Crippen LogP contribution in [0.5, 0.6) is 0 Å². The number of ether oxygens (including phenoxy) is 1. The number of aromatic nitrogens is 4. The van der Waals surface area contributed by atoms with Crippen LogP contribution in [-0.2, 0) is 22.7 Å². The summed E-state index contributed by atoms with van der Waals surface area (Å²) < 4.78 is 13.5. The fourth-order valence-electron chi connectivity index (χ4n) is 4.41. The van der Waals surface area contributed by atoms with Crippen molar-refractivity contribution in [2.75, 3.05) is 26.7 Å². The Hall–Kier alpha value is -3.57. The molecule has 0 unspecified atom stereocenters. The van der Waals surface area contributed by atoms with Crippen LogP contribution in [0.25, 0.3) is 11.3 Å². The fraction of sp³-hybridized carbons (Fsp3) is 0.500. The molecule has 4 rings (SSSR count). The van der Waals surface area contributed by atoms with Crippen molar-refractivity contribution in [3.63, 3.8) is 0 Å². The number of aliphatic hydroxyl groups is 1. The molecule has 3 atom stereocenters. The third-order valence-electron chi connectivity index (χ3n) is 6.73. The number of fused-ring (bicyclic) bond motifs is 1. The Morgan fingerprint density at radius 2 is 2.08 bits per heavy atom. The summed E-state index contributed by atoms with van der Waals surface area (Å²) in [6, 6.07) is 10.8. The van der Waals surface area contributed by atoms with Gasteiger partial charge in [0.05, 0.1) is 37.3 Å². The lowest BCUT2D eigenvalue weighted by atomic mass is 10.0. The second kappa shape index (κ2) is 12.1. The van der Waals surface area contributed by atoms with E-state index in [1.165, 1.54) is 0 Å². The van der Waals surface area contributed by atoms with Gasteiger partial charge >= 0.3 is 0 Å². The van der Waals surface area contributed by atoms with Gasteiger partial charge in [0.1, 0.15) is 0 Å². The third kappa shape index (κ3) is 6.41. The quantitative estimate of drug-likeness (QED) is 0.535. The molecule has 0 spiro atoms. The summed E-state index contributed by atoms with van der Waals surface area (Å²) in [5, 5.41) is 21.9. The highest BCUT2D eigenvalue weighted by Gasteiger charge is 2.30. The van der Waals surface area contributed by atoms with E-state index in [1.54, 1.807) is 33.8 Å². The van der Waals surface area contributed by atoms with Gasteiger partial charge in [-0.25, -0.2) is 4.68 Å². The average Bonchev–Trinajstić information content (AvgIpc) is 3.58. The summed E-state index contributed by atoms with van der Waals surface area (Å²) in [6.45, 7) is 5.16. The van der Waals surface area contributed by atoms with E-state index in [1.807, 2.05) is 44.2 Å². The molecule has 1 aliphatic rings. The average molecular weight is 511 g/mol. The maximum Gasteiger partial charge on any atom is 0.275 e. The van der Waals surface area contributed by atoms with Gasteiger partial charge in [-0.05, 0) is 13.3 Å². The molecule has 0 bridgehead atoms. The van der Waals surface area contributed by atoms with Gasteiger partial charge in [0.2, 0.25) is 5.91 Å². The van der Waals surface area contributed by atoms with E-state index in [0.717, 1.165) is 11.3 Å². The Bertz CT molecular complexity index is 1180. The van der Waals surface area contributed by atoms with Crippen molar-refractivity contribution >= 4 is 11.8 Å². The minimum Gasteiger partial charge on any atom is -0.394 e. The molecule has 0 radical (unpaired) electrons. The zero-order valence-electron chi connectivity index (χ0n) is 21.5. The minimum absolute atomic E-state index is 0.0325. The van der Waals surface area contributed by atoms with Crippen LogP contribution in [0.1, 0.15) is 42.9 Å². The maximum absolute atomic E-state index is 13.2. The Labute approximate surface area is 216 Å². The number of carbonyl (C=O) groups excluding carboxylic acids is 2. The van der Waals surface area contributed by atoms with Gasteiger partial charge in [0, 0.05) is 50.7 Å². The SMILES string of the molecule is C[C@H](CO)N1C[C@H](C)[C@@H](CN(C)C(=O)c2cc(-c3ccccc3)on2)OCc2cnnn2CCCC1=O. The summed E-state index contributed by atoms with van der Waals surface area (Å²) in [5.41, 5.74) is 1.85. The van der Waals surface area contributed by atoms with Crippen molar-refractivity contribution < 1.29 is 24.0 Å². The predicted molar refractivity (Wildman–Crippen MR) is 134 cm³/mol. The first-order chi connectivity index (χ1) is 17.9. The van der Waals surface area contributed by atoms with Crippen LogP contribution in [0, 0.1) is 5.92 Å². The highest BCUT2D eigenvalue weighted by Crippen LogP contribution is 2.22. The standard InChI is InChI=1S/C26H34N6O5/c1-18-14-31(19(2)16-33)25(34)10-7-11-32-21(13-27-29-32)17-36-24(18)15-30(3)26(35)22-12-23(37-28-22)20-8-5-4-6-9-20/h4-6,8-9,12-13,18-19,24,33H,7,10-11,14-17H2,1-3H3/t18-,19+,24+/m0/s1. The zero-order chi connectivity index (χ0) is 26.4. The van der Waals surface area contributed by atoms with Gasteiger partial charge in [0.25, 0.3) is 5.91 Å². The molecule has 0 aliphatic carbocycles. The number of benzene rings is 1. The lowest BCUT2D eigenvalue weighted by molar-refractivity contribution is -0.136. The number of hydrogen-bond acceptors (Lipinski definition) is 8. The van der Waals surface area contributed by atoms with E-state index in [0.29, 0.717) is 31.7 Å². The number of carbonyl (C=O) groups is 2. The van der Waals surface area contributed by atoms with Crippen LogP contribution in [0.2, 0.25) is 0 Å². The Kier molecular flexibility index (Phi) is 8.67. The summed E-state index contributed by atoms with van der Waals surface area (Å²) in [5.74, 6) is 0.0566. The van der Waals surface area contributed by atoms with E-state index in [4.69, 9.17) is 9.26 Å². The molecule has 198 valence electrons. The molecule has 3 aromatic rings. The molecule has 2 aromatic heterocycles. The van der Waals surface area contributed by atoms with Crippen LogP contribution in [-0.4, -0.2) is 85.8 Å². The third-order valence-corrected chi connectivity index (χ3v) is 6.73. The van der Waals surface area contributed by atoms with Gasteiger partial charge in [-0.3, -0.25) is 9.59 Å². The number of nitrogens with zero attached hydrogens (tertiary/aromatic N) is 6. The fourth-order valence-corrected chi connectivity index (χ4v) is 4.41. The molecule has 1 aliphatic heterocycles. The highest BCUT2D eigenvalue weighted by atomic mass is 16.5. The molecule has 2 amide bonds. The first-order valence-electron chi connectivity index (χ1n) is 12.5. The van der Waals surface area contributed by atoms with Crippen LogP contribution < -0.4 is 0 Å². The Morgan fingerprint density at radius 3 is 2.84 bits per heavy atom. The molecule has 37 heavy (non-hydrogen) atoms. The number of aliphatic hydroxyl groups excluding tert-OH is 1. The lowest BCUT2D eigenvalue weighted by Crippen LogP contribution is -2.48. The summed E-state index contributed by atoms with van der Waals surface area (Å²) in [7, 11) is 1.69. The van der Waals surface area contributed by atoms with Gasteiger partial charge in [-0.2, -0.15) is 0 Å². The van der Waals surface area contributed by atoms with E-state index >= 15 is 0 Å². The van der Waals surface area contributed by atoms with Gasteiger partial charge in [0.15, 0.2) is 11.5 Å². The monoisotopic (exact) mass is 510 g/mol. The van der Waals surface area contributed by atoms with E-state index in [2.05, 4.69) is 15.5 Å². The molecule has 11 nitrogen and oxygen atoms in total. The second-order valence-electron chi connectivity index (χ2n) is 9.58. The summed E-state index contributed by atoms with van der Waals surface area (Å²) in [6.07, 6.45) is 2.21. The molecule has 3 heterocycles. The molecular weight excluding hydrogens is 476 g/mol. The minimum atomic E-state index is -0.404. The molecule has 1 aromatic carbocycles. The number of rotatable bonds is 6. The number of aryl methyl sites for hydroxylation is 1. The molecule has 0 fully saturated rings. The highest BCUT2D eigenvalue weighted by molar-refractivity contribution is 5.93. The van der Waals surface area contributed by atoms with Crippen LogP contribution >= 0.6 is 0 Å². The smallest absolute Gasteiger partial charge is 0.275 e. The van der Waals surface area contributed by atoms with E-state index < -0.39 is 6.10 Å². The number of amides is 2. The van der Waals surface area contributed by atoms with Crippen molar-refractivity contribution in [1.29, 1.82) is 0 Å². The van der Waals surface area contributed by atoms with Crippen LogP contribution in [0.3, 0.4) is 0 Å². The van der Waals surface area contributed by atoms with Gasteiger partial charge in [-0.15, -0.1) is 5.10 Å². The van der Waals surface area contributed by atoms with E-state index in [9.17, 15) is 14.7 Å². The van der Waals surface area contributed by atoms with Gasteiger partial charge in [-0.1, -0.05) is 47.6 Å². The maximum atomic E-state index is 13.2. The van der Waals surface area contributed by atoms with Crippen molar-refractivity contribution in [1.82, 2.24) is 30.0 Å². The van der Waals surface area contributed by atoms with Crippen molar-refractivity contribution in [3.8, 4) is 11.3 Å². The molecule has 0 saturated heterocycles. The second-order valence-corrected chi connectivity index (χ2v) is 9.58. The Morgan fingerprint density at radius 1 is 1.30 bits per heavy atom. The molecule has 1 N–H and O–H groups in total. The molecular formula is C26H34N6O5. The van der Waals surface area contributed by atoms with Gasteiger partial charge < -0.3 is 24.2 Å². The van der Waals surface area contributed by atoms with Crippen molar-refractivity contribution in [2.45, 2.75) is 52.0 Å². The van der Waals surface area contributed by atoms with Crippen LogP contribution in [0.15, 0.2) is 47.1 Å². The summed E-state index contributed by atoms with van der Waals surface area (Å²) in [4.78, 5) is 29.5. The predicted octanol–water partition coefficient (Wildman–Crippen LogP) is 2.23. The molecule has 11 heteroatoms. The van der Waals surface area contributed by atoms with Crippen LogP contribution in [0.4, 0.5) is 0 Å². The lowest BCUT2D eigenvalue weighted by Gasteiger charge is -2.35. The first kappa shape index (κ1) is 26.5. The summed E-state index contributed by atoms with van der Waals surface area (Å²) >= 11 is 0. The van der Waals surface area contributed by atoms with E-state index in [-0.39, 0.29) is 49.2 Å². The Balaban J connectivity index is 1.52. The normalized spacial score (nSPS) is 20.0. The number of hydrogen-bond donors (Lipinski definition) is 1.